The highest BCUT2D eigenvalue weighted by atomic mass is 32.1. The zero-order valence-electron chi connectivity index (χ0n) is 24.2. The third-order valence-corrected chi connectivity index (χ3v) is 8.56. The van der Waals surface area contributed by atoms with Gasteiger partial charge >= 0.3 is 6.09 Å². The van der Waals surface area contributed by atoms with E-state index >= 15 is 0 Å². The number of fused-ring (bicyclic) bond motifs is 1. The first-order valence-corrected chi connectivity index (χ1v) is 15.0. The number of thiophene rings is 1. The molecule has 11 heteroatoms. The van der Waals surface area contributed by atoms with E-state index in [0.717, 1.165) is 49.0 Å². The molecule has 0 bridgehead atoms. The lowest BCUT2D eigenvalue weighted by Crippen LogP contribution is -2.39. The second-order valence-electron chi connectivity index (χ2n) is 10.3. The van der Waals surface area contributed by atoms with Gasteiger partial charge < -0.3 is 24.4 Å². The zero-order chi connectivity index (χ0) is 28.6. The maximum atomic E-state index is 13.2. The Labute approximate surface area is 239 Å². The fraction of sp³-hybridized carbons (Fsp3) is 0.607. The Hall–Kier alpha value is -2.31. The molecule has 3 heterocycles. The highest BCUT2D eigenvalue weighted by molar-refractivity contribution is 7.18. The Morgan fingerprint density at radius 3 is 2.33 bits per heavy atom. The molecule has 0 unspecified atom stereocenters. The topological polar surface area (TPSA) is 93.2 Å². The summed E-state index contributed by atoms with van der Waals surface area (Å²) in [7, 11) is 3.35. The average Bonchev–Trinajstić information content (AvgIpc) is 3.46. The number of carbonyl (C=O) groups excluding carboxylic acids is 2. The van der Waals surface area contributed by atoms with Crippen molar-refractivity contribution >= 4 is 51.8 Å². The fourth-order valence-corrected chi connectivity index (χ4v) is 6.70. The van der Waals surface area contributed by atoms with Crippen LogP contribution in [0, 0.1) is 0 Å². The van der Waals surface area contributed by atoms with E-state index in [1.807, 2.05) is 40.7 Å². The summed E-state index contributed by atoms with van der Waals surface area (Å²) in [4.78, 5) is 35.8. The van der Waals surface area contributed by atoms with Gasteiger partial charge in [0.1, 0.15) is 15.6 Å². The van der Waals surface area contributed by atoms with Gasteiger partial charge in [-0.05, 0) is 46.6 Å². The van der Waals surface area contributed by atoms with E-state index in [-0.39, 0.29) is 12.0 Å². The normalized spacial score (nSPS) is 14.7. The molecule has 0 fully saturated rings. The second kappa shape index (κ2) is 14.4. The third-order valence-electron chi connectivity index (χ3n) is 6.27. The van der Waals surface area contributed by atoms with Crippen molar-refractivity contribution in [2.75, 3.05) is 58.9 Å². The number of nitrogens with zero attached hydrogens (tertiary/aromatic N) is 3. The standard InChI is InChI=1S/C28H42N4O5S2/c1-8-20-21(9-2)38-25(29-20)24-19-10-13-32(27(34)37-28(3,4)5)18-22(19)39-26(24)30-23(33)11-12-31(14-16-35-6)15-17-36-7/h8-9H,10-18H2,1-7H3,(H,30,33)/b20-8+,21-9+. The highest BCUT2D eigenvalue weighted by Gasteiger charge is 2.31. The average molecular weight is 579 g/mol. The van der Waals surface area contributed by atoms with Crippen LogP contribution in [0.5, 0.6) is 0 Å². The number of thiazole rings is 1. The molecule has 39 heavy (non-hydrogen) atoms. The van der Waals surface area contributed by atoms with E-state index in [2.05, 4.69) is 16.3 Å². The number of anilines is 1. The lowest BCUT2D eigenvalue weighted by molar-refractivity contribution is -0.116. The van der Waals surface area contributed by atoms with Crippen molar-refractivity contribution < 1.29 is 23.8 Å². The minimum absolute atomic E-state index is 0.0557. The number of aromatic nitrogens is 1. The Balaban J connectivity index is 1.87. The molecule has 1 aliphatic heterocycles. The molecule has 0 saturated carbocycles. The number of hydrogen-bond acceptors (Lipinski definition) is 9. The minimum Gasteiger partial charge on any atom is -0.444 e. The highest BCUT2D eigenvalue weighted by Crippen LogP contribution is 2.43. The van der Waals surface area contributed by atoms with Crippen LogP contribution in [0.1, 0.15) is 51.5 Å². The lowest BCUT2D eigenvalue weighted by Gasteiger charge is -2.30. The summed E-state index contributed by atoms with van der Waals surface area (Å²) in [5, 5.41) is 5.79. The maximum Gasteiger partial charge on any atom is 0.410 e. The van der Waals surface area contributed by atoms with Crippen LogP contribution in [0.2, 0.25) is 0 Å². The van der Waals surface area contributed by atoms with E-state index in [0.29, 0.717) is 45.7 Å². The molecular formula is C28H42N4O5S2. The van der Waals surface area contributed by atoms with Gasteiger partial charge in [0.25, 0.3) is 0 Å². The number of ether oxygens (including phenoxy) is 3. The number of methoxy groups -OCH3 is 2. The summed E-state index contributed by atoms with van der Waals surface area (Å²) in [6.07, 6.45) is 4.77. The molecule has 216 valence electrons. The number of carbonyl (C=O) groups is 2. The van der Waals surface area contributed by atoms with E-state index in [1.165, 1.54) is 11.3 Å². The van der Waals surface area contributed by atoms with Crippen molar-refractivity contribution in [3.05, 3.63) is 20.3 Å². The second-order valence-corrected chi connectivity index (χ2v) is 12.5. The van der Waals surface area contributed by atoms with Gasteiger partial charge in [-0.1, -0.05) is 12.2 Å². The summed E-state index contributed by atoms with van der Waals surface area (Å²) < 4.78 is 17.2. The van der Waals surface area contributed by atoms with Crippen LogP contribution in [-0.2, 0) is 32.0 Å². The number of hydrogen-bond donors (Lipinski definition) is 1. The predicted molar refractivity (Wildman–Crippen MR) is 159 cm³/mol. The maximum absolute atomic E-state index is 13.2. The first kappa shape index (κ1) is 31.2. The summed E-state index contributed by atoms with van der Waals surface area (Å²) >= 11 is 3.15. The van der Waals surface area contributed by atoms with Gasteiger partial charge in [-0.25, -0.2) is 9.78 Å². The van der Waals surface area contributed by atoms with E-state index < -0.39 is 5.60 Å². The lowest BCUT2D eigenvalue weighted by atomic mass is 10.0. The first-order chi connectivity index (χ1) is 18.6. The molecule has 0 aromatic carbocycles. The van der Waals surface area contributed by atoms with Gasteiger partial charge in [0.15, 0.2) is 0 Å². The van der Waals surface area contributed by atoms with Crippen LogP contribution in [-0.4, -0.2) is 86.0 Å². The Bertz CT molecular complexity index is 1210. The quantitative estimate of drug-likeness (QED) is 0.435. The van der Waals surface area contributed by atoms with Gasteiger partial charge in [0.05, 0.1) is 29.6 Å². The molecule has 0 spiro atoms. The fourth-order valence-electron chi connectivity index (χ4n) is 4.29. The summed E-state index contributed by atoms with van der Waals surface area (Å²) in [6, 6.07) is 0. The predicted octanol–water partition coefficient (Wildman–Crippen LogP) is 3.69. The van der Waals surface area contributed by atoms with E-state index in [4.69, 9.17) is 19.2 Å². The van der Waals surface area contributed by atoms with Crippen LogP contribution in [0.25, 0.3) is 22.7 Å². The first-order valence-electron chi connectivity index (χ1n) is 13.3. The number of amides is 2. The Morgan fingerprint density at radius 2 is 1.77 bits per heavy atom. The molecule has 1 N–H and O–H groups in total. The smallest absolute Gasteiger partial charge is 0.410 e. The molecule has 2 aromatic rings. The van der Waals surface area contributed by atoms with Crippen LogP contribution in [0.15, 0.2) is 0 Å². The molecule has 2 aromatic heterocycles. The summed E-state index contributed by atoms with van der Waals surface area (Å²) in [6.45, 7) is 13.9. The van der Waals surface area contributed by atoms with Crippen molar-refractivity contribution in [2.24, 2.45) is 0 Å². The van der Waals surface area contributed by atoms with Crippen LogP contribution in [0.4, 0.5) is 9.80 Å². The van der Waals surface area contributed by atoms with Gasteiger partial charge in [-0.3, -0.25) is 9.69 Å². The van der Waals surface area contributed by atoms with Gasteiger partial charge in [-0.15, -0.1) is 22.7 Å². The molecule has 9 nitrogen and oxygen atoms in total. The molecule has 3 rings (SSSR count). The SMILES string of the molecule is C/C=c1/nc(-c2c(NC(=O)CCN(CCOC)CCOC)sc3c2CCN(C(=O)OC(C)(C)C)C3)s/c1=C/C. The van der Waals surface area contributed by atoms with Crippen molar-refractivity contribution in [1.29, 1.82) is 0 Å². The molecular weight excluding hydrogens is 536 g/mol. The number of nitrogens with one attached hydrogen (secondary N) is 1. The molecule has 0 radical (unpaired) electrons. The zero-order valence-corrected chi connectivity index (χ0v) is 25.9. The minimum atomic E-state index is -0.557. The van der Waals surface area contributed by atoms with Crippen LogP contribution in [0.3, 0.4) is 0 Å². The van der Waals surface area contributed by atoms with Gasteiger partial charge in [-0.2, -0.15) is 0 Å². The largest absolute Gasteiger partial charge is 0.444 e. The van der Waals surface area contributed by atoms with Crippen molar-refractivity contribution in [3.8, 4) is 10.6 Å². The van der Waals surface area contributed by atoms with Crippen molar-refractivity contribution in [1.82, 2.24) is 14.8 Å². The Morgan fingerprint density at radius 1 is 1.08 bits per heavy atom. The molecule has 0 atom stereocenters. The molecule has 0 aliphatic carbocycles. The van der Waals surface area contributed by atoms with Crippen LogP contribution < -0.4 is 15.2 Å². The molecule has 0 saturated heterocycles. The summed E-state index contributed by atoms with van der Waals surface area (Å²) in [5.41, 5.74) is 1.57. The van der Waals surface area contributed by atoms with Crippen molar-refractivity contribution in [3.63, 3.8) is 0 Å². The third kappa shape index (κ3) is 8.59. The van der Waals surface area contributed by atoms with E-state index in [1.54, 1.807) is 30.5 Å². The van der Waals surface area contributed by atoms with Gasteiger partial charge in [0.2, 0.25) is 5.91 Å². The van der Waals surface area contributed by atoms with Gasteiger partial charge in [0, 0.05) is 57.3 Å². The Kier molecular flexibility index (Phi) is 11.5. The van der Waals surface area contributed by atoms with Crippen LogP contribution >= 0.6 is 22.7 Å². The summed E-state index contributed by atoms with van der Waals surface area (Å²) in [5.74, 6) is -0.0557. The van der Waals surface area contributed by atoms with Crippen molar-refractivity contribution in [2.45, 2.75) is 59.6 Å². The number of rotatable bonds is 11. The van der Waals surface area contributed by atoms with E-state index in [9.17, 15) is 9.59 Å². The molecule has 2 amide bonds. The molecule has 1 aliphatic rings. The monoisotopic (exact) mass is 578 g/mol.